The van der Waals surface area contributed by atoms with E-state index in [-0.39, 0.29) is 5.92 Å². The van der Waals surface area contributed by atoms with E-state index in [1.807, 2.05) is 30.3 Å². The number of aliphatic hydroxyl groups excluding tert-OH is 1. The van der Waals surface area contributed by atoms with Gasteiger partial charge in [-0.1, -0.05) is 48.0 Å². The number of aliphatic hydroxyl groups is 1. The normalized spacial score (nSPS) is 22.4. The zero-order chi connectivity index (χ0) is 14.1. The summed E-state index contributed by atoms with van der Waals surface area (Å²) in [5.74, 6) is 1.28. The van der Waals surface area contributed by atoms with E-state index >= 15 is 0 Å². The van der Waals surface area contributed by atoms with Crippen LogP contribution in [0.15, 0.2) is 48.5 Å². The van der Waals surface area contributed by atoms with Crippen molar-refractivity contribution in [2.45, 2.75) is 18.4 Å². The molecule has 0 saturated heterocycles. The number of hydrogen-bond acceptors (Lipinski definition) is 2. The third-order valence-electron chi connectivity index (χ3n) is 4.00. The van der Waals surface area contributed by atoms with E-state index in [0.717, 1.165) is 6.42 Å². The molecule has 0 aliphatic heterocycles. The molecule has 0 radical (unpaired) electrons. The van der Waals surface area contributed by atoms with Gasteiger partial charge >= 0.3 is 0 Å². The average Bonchev–Trinajstić information content (AvgIpc) is 3.27. The van der Waals surface area contributed by atoms with Gasteiger partial charge in [-0.25, -0.2) is 0 Å². The maximum atomic E-state index is 10.6. The molecule has 2 aromatic carbocycles. The number of rotatable bonds is 4. The van der Waals surface area contributed by atoms with Crippen LogP contribution >= 0.6 is 11.6 Å². The van der Waals surface area contributed by atoms with Gasteiger partial charge in [0.25, 0.3) is 0 Å². The fourth-order valence-electron chi connectivity index (χ4n) is 2.84. The zero-order valence-corrected chi connectivity index (χ0v) is 12.0. The predicted octanol–water partition coefficient (Wildman–Crippen LogP) is 4.19. The van der Waals surface area contributed by atoms with Gasteiger partial charge in [-0.05, 0) is 36.0 Å². The van der Waals surface area contributed by atoms with Crippen LogP contribution in [0.5, 0.6) is 5.75 Å². The monoisotopic (exact) mass is 288 g/mol. The minimum atomic E-state index is -0.580. The molecule has 1 saturated carbocycles. The summed E-state index contributed by atoms with van der Waals surface area (Å²) in [4.78, 5) is 0. The Bertz CT molecular complexity index is 597. The van der Waals surface area contributed by atoms with Crippen molar-refractivity contribution in [3.63, 3.8) is 0 Å². The Hall–Kier alpha value is -1.51. The summed E-state index contributed by atoms with van der Waals surface area (Å²) in [6.45, 7) is 0. The van der Waals surface area contributed by atoms with Crippen LogP contribution in [0.2, 0.25) is 5.02 Å². The third kappa shape index (κ3) is 2.41. The third-order valence-corrected chi connectivity index (χ3v) is 4.33. The second-order valence-corrected chi connectivity index (χ2v) is 5.62. The quantitative estimate of drug-likeness (QED) is 0.914. The van der Waals surface area contributed by atoms with Gasteiger partial charge in [0, 0.05) is 5.56 Å². The molecule has 2 nitrogen and oxygen atoms in total. The predicted molar refractivity (Wildman–Crippen MR) is 80.3 cm³/mol. The van der Waals surface area contributed by atoms with Gasteiger partial charge in [-0.15, -0.1) is 0 Å². The minimum absolute atomic E-state index is 0.214. The summed E-state index contributed by atoms with van der Waals surface area (Å²) in [6, 6.07) is 15.8. The fourth-order valence-corrected chi connectivity index (χ4v) is 3.12. The molecule has 0 bridgehead atoms. The highest BCUT2D eigenvalue weighted by Crippen LogP contribution is 2.55. The summed E-state index contributed by atoms with van der Waals surface area (Å²) in [5, 5.41) is 11.2. The van der Waals surface area contributed by atoms with Crippen LogP contribution in [0.4, 0.5) is 0 Å². The molecule has 3 rings (SSSR count). The molecule has 104 valence electrons. The Balaban J connectivity index is 1.83. The maximum Gasteiger partial charge on any atom is 0.126 e. The summed E-state index contributed by atoms with van der Waals surface area (Å²) >= 11 is 6.23. The van der Waals surface area contributed by atoms with Gasteiger partial charge in [-0.2, -0.15) is 0 Å². The number of methoxy groups -OCH3 is 1. The van der Waals surface area contributed by atoms with Crippen molar-refractivity contribution < 1.29 is 9.84 Å². The maximum absolute atomic E-state index is 10.6. The Morgan fingerprint density at radius 3 is 2.60 bits per heavy atom. The van der Waals surface area contributed by atoms with Crippen molar-refractivity contribution in [1.29, 1.82) is 0 Å². The van der Waals surface area contributed by atoms with Crippen LogP contribution in [0.3, 0.4) is 0 Å². The molecule has 1 N–H and O–H groups in total. The first kappa shape index (κ1) is 13.5. The van der Waals surface area contributed by atoms with Crippen LogP contribution in [-0.4, -0.2) is 12.2 Å². The molecule has 3 heteroatoms. The molecule has 3 unspecified atom stereocenters. The number of ether oxygens (including phenoxy) is 1. The summed E-state index contributed by atoms with van der Waals surface area (Å²) in [6.07, 6.45) is 0.406. The van der Waals surface area contributed by atoms with E-state index in [1.165, 1.54) is 5.56 Å². The summed E-state index contributed by atoms with van der Waals surface area (Å²) < 4.78 is 5.32. The van der Waals surface area contributed by atoms with Gasteiger partial charge in [0.2, 0.25) is 0 Å². The first-order chi connectivity index (χ1) is 9.72. The van der Waals surface area contributed by atoms with Gasteiger partial charge in [0.1, 0.15) is 5.75 Å². The molecular weight excluding hydrogens is 272 g/mol. The van der Waals surface area contributed by atoms with Crippen LogP contribution in [0, 0.1) is 5.92 Å². The van der Waals surface area contributed by atoms with Crippen molar-refractivity contribution in [3.8, 4) is 5.75 Å². The van der Waals surface area contributed by atoms with Crippen molar-refractivity contribution in [2.75, 3.05) is 7.11 Å². The molecule has 0 spiro atoms. The Kier molecular flexibility index (Phi) is 3.68. The molecule has 1 aliphatic rings. The van der Waals surface area contributed by atoms with Crippen LogP contribution in [0.25, 0.3) is 0 Å². The molecule has 0 heterocycles. The molecule has 2 aromatic rings. The van der Waals surface area contributed by atoms with E-state index in [4.69, 9.17) is 16.3 Å². The summed E-state index contributed by atoms with van der Waals surface area (Å²) in [5.41, 5.74) is 1.99. The number of benzene rings is 2. The van der Waals surface area contributed by atoms with E-state index in [9.17, 15) is 5.11 Å². The molecule has 0 amide bonds. The van der Waals surface area contributed by atoms with Crippen molar-refractivity contribution in [3.05, 3.63) is 64.7 Å². The lowest BCUT2D eigenvalue weighted by Crippen LogP contribution is -2.05. The fraction of sp³-hybridized carbons (Fsp3) is 0.294. The van der Waals surface area contributed by atoms with Gasteiger partial charge in [0.05, 0.1) is 18.2 Å². The molecule has 1 fully saturated rings. The topological polar surface area (TPSA) is 29.5 Å². The van der Waals surface area contributed by atoms with E-state index in [0.29, 0.717) is 22.3 Å². The van der Waals surface area contributed by atoms with Gasteiger partial charge in [0.15, 0.2) is 0 Å². The highest BCUT2D eigenvalue weighted by molar-refractivity contribution is 6.31. The zero-order valence-electron chi connectivity index (χ0n) is 11.3. The minimum Gasteiger partial charge on any atom is -0.496 e. The molecular formula is C17H17ClO2. The highest BCUT2D eigenvalue weighted by Gasteiger charge is 2.45. The van der Waals surface area contributed by atoms with Crippen LogP contribution in [-0.2, 0) is 0 Å². The van der Waals surface area contributed by atoms with Gasteiger partial charge < -0.3 is 9.84 Å². The second kappa shape index (κ2) is 5.47. The number of hydrogen-bond donors (Lipinski definition) is 1. The van der Waals surface area contributed by atoms with Gasteiger partial charge in [-0.3, -0.25) is 0 Å². The Labute approximate surface area is 124 Å². The summed E-state index contributed by atoms with van der Waals surface area (Å²) in [7, 11) is 1.60. The Morgan fingerprint density at radius 2 is 1.90 bits per heavy atom. The van der Waals surface area contributed by atoms with Crippen molar-refractivity contribution in [2.24, 2.45) is 5.92 Å². The lowest BCUT2D eigenvalue weighted by Gasteiger charge is -2.16. The van der Waals surface area contributed by atoms with E-state index < -0.39 is 6.10 Å². The molecule has 1 aliphatic carbocycles. The standard InChI is InChI=1S/C17H17ClO2/c1-20-15-9-5-8-14(18)16(15)17(19)13-10-12(13)11-6-3-2-4-7-11/h2-9,12-13,17,19H,10H2,1H3. The first-order valence-electron chi connectivity index (χ1n) is 6.77. The smallest absolute Gasteiger partial charge is 0.126 e. The van der Waals surface area contributed by atoms with Crippen LogP contribution in [0.1, 0.15) is 29.6 Å². The number of halogens is 1. The average molecular weight is 289 g/mol. The molecule has 20 heavy (non-hydrogen) atoms. The molecule has 0 aromatic heterocycles. The second-order valence-electron chi connectivity index (χ2n) is 5.22. The van der Waals surface area contributed by atoms with Crippen molar-refractivity contribution >= 4 is 11.6 Å². The lowest BCUT2D eigenvalue weighted by atomic mass is 10.0. The van der Waals surface area contributed by atoms with Crippen LogP contribution < -0.4 is 4.74 Å². The SMILES string of the molecule is COc1cccc(Cl)c1C(O)C1CC1c1ccccc1. The first-order valence-corrected chi connectivity index (χ1v) is 7.15. The van der Waals surface area contributed by atoms with E-state index in [1.54, 1.807) is 13.2 Å². The van der Waals surface area contributed by atoms with Crippen molar-refractivity contribution in [1.82, 2.24) is 0 Å². The lowest BCUT2D eigenvalue weighted by molar-refractivity contribution is 0.147. The highest BCUT2D eigenvalue weighted by atomic mass is 35.5. The molecule has 3 atom stereocenters. The van der Waals surface area contributed by atoms with E-state index in [2.05, 4.69) is 12.1 Å². The Morgan fingerprint density at radius 1 is 1.15 bits per heavy atom. The largest absolute Gasteiger partial charge is 0.496 e.